The minimum atomic E-state index is -0.347. The largest absolute Gasteiger partial charge is 0.343 e. The molecule has 0 fully saturated rings. The second kappa shape index (κ2) is 3.76. The zero-order chi connectivity index (χ0) is 12.7. The van der Waals surface area contributed by atoms with Gasteiger partial charge in [-0.1, -0.05) is 0 Å². The van der Waals surface area contributed by atoms with Crippen LogP contribution in [-0.4, -0.2) is 19.7 Å². The summed E-state index contributed by atoms with van der Waals surface area (Å²) in [4.78, 5) is 18.1. The van der Waals surface area contributed by atoms with Crippen molar-refractivity contribution >= 4 is 10.9 Å². The summed E-state index contributed by atoms with van der Waals surface area (Å²) in [5.41, 5.74) is 0.759. The van der Waals surface area contributed by atoms with Crippen LogP contribution < -0.4 is 5.69 Å². The molecule has 0 aliphatic heterocycles. The zero-order valence-electron chi connectivity index (χ0n) is 9.51. The summed E-state index contributed by atoms with van der Waals surface area (Å²) in [6.45, 7) is 0. The van der Waals surface area contributed by atoms with Gasteiger partial charge >= 0.3 is 5.69 Å². The number of fused-ring (bicyclic) bond motifs is 1. The van der Waals surface area contributed by atoms with Gasteiger partial charge in [-0.2, -0.15) is 5.10 Å². The van der Waals surface area contributed by atoms with E-state index < -0.39 is 0 Å². The van der Waals surface area contributed by atoms with E-state index in [4.69, 9.17) is 0 Å². The Bertz CT molecular complexity index is 790. The predicted octanol–water partition coefficient (Wildman–Crippen LogP) is 1.46. The molecular formula is C12H9FN4O. The van der Waals surface area contributed by atoms with Gasteiger partial charge in [0.1, 0.15) is 5.82 Å². The Labute approximate surface area is 101 Å². The molecule has 0 bridgehead atoms. The van der Waals surface area contributed by atoms with Gasteiger partial charge in [0.15, 0.2) is 5.82 Å². The van der Waals surface area contributed by atoms with Gasteiger partial charge < -0.3 is 0 Å². The molecule has 18 heavy (non-hydrogen) atoms. The third kappa shape index (κ3) is 1.50. The third-order valence-corrected chi connectivity index (χ3v) is 2.74. The first-order valence-corrected chi connectivity index (χ1v) is 5.34. The van der Waals surface area contributed by atoms with Gasteiger partial charge in [-0.3, -0.25) is 9.97 Å². The van der Waals surface area contributed by atoms with Crippen LogP contribution in [0.25, 0.3) is 22.3 Å². The first-order chi connectivity index (χ1) is 8.66. The molecule has 0 saturated carbocycles. The summed E-state index contributed by atoms with van der Waals surface area (Å²) in [5.74, 6) is 0.0336. The first kappa shape index (κ1) is 10.6. The quantitative estimate of drug-likeness (QED) is 0.704. The summed E-state index contributed by atoms with van der Waals surface area (Å²) in [5, 5.41) is 4.45. The fraction of sp³-hybridized carbons (Fsp3) is 0.0833. The maximum absolute atomic E-state index is 13.6. The van der Waals surface area contributed by atoms with Crippen LogP contribution in [0, 0.1) is 5.82 Å². The lowest BCUT2D eigenvalue weighted by atomic mass is 10.1. The van der Waals surface area contributed by atoms with Crippen LogP contribution in [0.4, 0.5) is 4.39 Å². The van der Waals surface area contributed by atoms with Gasteiger partial charge in [-0.25, -0.2) is 13.9 Å². The molecular weight excluding hydrogens is 235 g/mol. The maximum Gasteiger partial charge on any atom is 0.343 e. The van der Waals surface area contributed by atoms with Crippen LogP contribution in [-0.2, 0) is 7.05 Å². The van der Waals surface area contributed by atoms with Gasteiger partial charge in [-0.05, 0) is 24.3 Å². The van der Waals surface area contributed by atoms with E-state index in [1.165, 1.54) is 10.7 Å². The fourth-order valence-electron chi connectivity index (χ4n) is 1.85. The van der Waals surface area contributed by atoms with Gasteiger partial charge in [0.25, 0.3) is 0 Å². The molecule has 0 amide bonds. The molecule has 3 aromatic rings. The molecule has 90 valence electrons. The molecule has 1 aromatic carbocycles. The topological polar surface area (TPSA) is 63.6 Å². The molecule has 0 atom stereocenters. The van der Waals surface area contributed by atoms with Crippen LogP contribution in [0.3, 0.4) is 0 Å². The van der Waals surface area contributed by atoms with E-state index in [0.29, 0.717) is 22.3 Å². The normalized spacial score (nSPS) is 11.0. The predicted molar refractivity (Wildman–Crippen MR) is 64.5 cm³/mol. The van der Waals surface area contributed by atoms with Gasteiger partial charge in [0, 0.05) is 24.2 Å². The van der Waals surface area contributed by atoms with E-state index in [1.54, 1.807) is 31.4 Å². The van der Waals surface area contributed by atoms with Crippen molar-refractivity contribution < 1.29 is 4.39 Å². The zero-order valence-corrected chi connectivity index (χ0v) is 9.51. The van der Waals surface area contributed by atoms with Crippen molar-refractivity contribution in [1.82, 2.24) is 19.7 Å². The lowest BCUT2D eigenvalue weighted by Gasteiger charge is -2.03. The van der Waals surface area contributed by atoms with Crippen LogP contribution >= 0.6 is 0 Å². The number of hydrogen-bond acceptors (Lipinski definition) is 3. The molecule has 0 radical (unpaired) electrons. The van der Waals surface area contributed by atoms with Crippen LogP contribution in [0.5, 0.6) is 0 Å². The molecule has 5 nitrogen and oxygen atoms in total. The van der Waals surface area contributed by atoms with E-state index in [9.17, 15) is 9.18 Å². The lowest BCUT2D eigenvalue weighted by Crippen LogP contribution is -2.13. The molecule has 1 N–H and O–H groups in total. The number of aryl methyl sites for hydroxylation is 1. The Morgan fingerprint density at radius 3 is 2.89 bits per heavy atom. The number of hydrogen-bond donors (Lipinski definition) is 1. The average molecular weight is 244 g/mol. The molecule has 6 heteroatoms. The Hall–Kier alpha value is -2.50. The number of nitrogens with zero attached hydrogens (tertiary/aromatic N) is 3. The smallest absolute Gasteiger partial charge is 0.289 e. The molecule has 3 rings (SSSR count). The van der Waals surface area contributed by atoms with Crippen molar-refractivity contribution in [3.63, 3.8) is 0 Å². The van der Waals surface area contributed by atoms with Crippen molar-refractivity contribution in [2.75, 3.05) is 0 Å². The number of nitrogens with one attached hydrogen (secondary N) is 1. The Morgan fingerprint density at radius 2 is 2.17 bits per heavy atom. The molecule has 0 aliphatic carbocycles. The highest BCUT2D eigenvalue weighted by Crippen LogP contribution is 2.25. The first-order valence-electron chi connectivity index (χ1n) is 5.34. The Kier molecular flexibility index (Phi) is 2.22. The van der Waals surface area contributed by atoms with E-state index in [-0.39, 0.29) is 11.5 Å². The van der Waals surface area contributed by atoms with E-state index >= 15 is 0 Å². The fourth-order valence-corrected chi connectivity index (χ4v) is 1.85. The van der Waals surface area contributed by atoms with E-state index in [0.717, 1.165) is 0 Å². The van der Waals surface area contributed by atoms with Gasteiger partial charge in [0.05, 0.1) is 5.52 Å². The average Bonchev–Trinajstić information content (AvgIpc) is 2.70. The third-order valence-electron chi connectivity index (χ3n) is 2.74. The molecule has 2 heterocycles. The van der Waals surface area contributed by atoms with Crippen molar-refractivity contribution in [3.05, 3.63) is 46.8 Å². The Balaban J connectivity index is 2.36. The van der Waals surface area contributed by atoms with Crippen molar-refractivity contribution in [2.24, 2.45) is 7.05 Å². The number of rotatable bonds is 1. The summed E-state index contributed by atoms with van der Waals surface area (Å²) in [7, 11) is 1.54. The van der Waals surface area contributed by atoms with Crippen molar-refractivity contribution in [3.8, 4) is 11.4 Å². The molecule has 0 aliphatic rings. The van der Waals surface area contributed by atoms with E-state index in [2.05, 4.69) is 15.1 Å². The van der Waals surface area contributed by atoms with Crippen LogP contribution in [0.2, 0.25) is 0 Å². The minimum absolute atomic E-state index is 0.321. The highest BCUT2D eigenvalue weighted by molar-refractivity contribution is 5.91. The maximum atomic E-state index is 13.6. The SMILES string of the molecule is Cn1nc(-c2ccc(F)c3cccnc23)[nH]c1=O. The van der Waals surface area contributed by atoms with E-state index in [1.807, 2.05) is 0 Å². The second-order valence-corrected chi connectivity index (χ2v) is 3.90. The van der Waals surface area contributed by atoms with Gasteiger partial charge in [-0.15, -0.1) is 0 Å². The molecule has 0 saturated heterocycles. The Morgan fingerprint density at radius 1 is 1.33 bits per heavy atom. The molecule has 2 aromatic heterocycles. The summed E-state index contributed by atoms with van der Waals surface area (Å²) >= 11 is 0. The summed E-state index contributed by atoms with van der Waals surface area (Å²) in [6, 6.07) is 6.20. The number of aromatic nitrogens is 4. The highest BCUT2D eigenvalue weighted by atomic mass is 19.1. The van der Waals surface area contributed by atoms with Gasteiger partial charge in [0.2, 0.25) is 0 Å². The lowest BCUT2D eigenvalue weighted by molar-refractivity contribution is 0.639. The second-order valence-electron chi connectivity index (χ2n) is 3.90. The van der Waals surface area contributed by atoms with Crippen LogP contribution in [0.1, 0.15) is 0 Å². The van der Waals surface area contributed by atoms with Crippen molar-refractivity contribution in [1.29, 1.82) is 0 Å². The number of pyridine rings is 1. The number of benzene rings is 1. The van der Waals surface area contributed by atoms with Crippen LogP contribution in [0.15, 0.2) is 35.3 Å². The monoisotopic (exact) mass is 244 g/mol. The summed E-state index contributed by atoms with van der Waals surface area (Å²) < 4.78 is 14.8. The number of aromatic amines is 1. The highest BCUT2D eigenvalue weighted by Gasteiger charge is 2.12. The number of halogens is 1. The summed E-state index contributed by atoms with van der Waals surface area (Å²) in [6.07, 6.45) is 1.58. The standard InChI is InChI=1S/C12H9FN4O/c1-17-12(18)15-11(16-17)8-4-5-9(13)7-3-2-6-14-10(7)8/h2-6H,1H3,(H,15,16,18). The number of H-pyrrole nitrogens is 1. The molecule has 0 spiro atoms. The minimum Gasteiger partial charge on any atom is -0.289 e. The molecule has 0 unspecified atom stereocenters. The van der Waals surface area contributed by atoms with Crippen molar-refractivity contribution in [2.45, 2.75) is 0 Å².